The Bertz CT molecular complexity index is 648. The van der Waals surface area contributed by atoms with Gasteiger partial charge < -0.3 is 10.1 Å². The molecule has 1 aliphatic carbocycles. The highest BCUT2D eigenvalue weighted by molar-refractivity contribution is 7.99. The third-order valence-corrected chi connectivity index (χ3v) is 5.14. The highest BCUT2D eigenvalue weighted by Crippen LogP contribution is 2.30. The maximum atomic E-state index is 12.0. The summed E-state index contributed by atoms with van der Waals surface area (Å²) >= 11 is 1.83. The van der Waals surface area contributed by atoms with Crippen LogP contribution in [0.25, 0.3) is 10.9 Å². The molecule has 2 aromatic rings. The van der Waals surface area contributed by atoms with E-state index in [1.54, 1.807) is 6.07 Å². The fraction of sp³-hybridized carbons (Fsp3) is 0.467. The Labute approximate surface area is 121 Å². The SMILES string of the molecule is O=c1[nH]c(CS[C@H]2CC[C@@H](O)CC2)nc2ccccc12. The number of hydrogen-bond donors (Lipinski definition) is 2. The smallest absolute Gasteiger partial charge is 0.258 e. The lowest BCUT2D eigenvalue weighted by Crippen LogP contribution is -2.20. The van der Waals surface area contributed by atoms with Crippen molar-refractivity contribution in [1.29, 1.82) is 0 Å². The topological polar surface area (TPSA) is 66.0 Å². The second kappa shape index (κ2) is 5.97. The maximum absolute atomic E-state index is 12.0. The minimum absolute atomic E-state index is 0.0646. The minimum atomic E-state index is -0.120. The van der Waals surface area contributed by atoms with Crippen molar-refractivity contribution in [3.05, 3.63) is 40.4 Å². The number of nitrogens with zero attached hydrogens (tertiary/aromatic N) is 1. The summed E-state index contributed by atoms with van der Waals surface area (Å²) in [5, 5.41) is 10.7. The molecule has 1 aromatic heterocycles. The molecular formula is C15H18N2O2S. The number of thioether (sulfide) groups is 1. The number of benzene rings is 1. The van der Waals surface area contributed by atoms with Crippen LogP contribution >= 0.6 is 11.8 Å². The Morgan fingerprint density at radius 1 is 1.25 bits per heavy atom. The van der Waals surface area contributed by atoms with E-state index in [4.69, 9.17) is 0 Å². The molecule has 0 atom stereocenters. The van der Waals surface area contributed by atoms with Crippen LogP contribution in [0.4, 0.5) is 0 Å². The van der Waals surface area contributed by atoms with Crippen LogP contribution in [-0.2, 0) is 5.75 Å². The van der Waals surface area contributed by atoms with Crippen LogP contribution in [-0.4, -0.2) is 26.4 Å². The molecule has 4 nitrogen and oxygen atoms in total. The van der Waals surface area contributed by atoms with Gasteiger partial charge in [-0.2, -0.15) is 11.8 Å². The zero-order chi connectivity index (χ0) is 13.9. The summed E-state index contributed by atoms with van der Waals surface area (Å²) in [6.45, 7) is 0. The molecule has 0 unspecified atom stereocenters. The van der Waals surface area contributed by atoms with E-state index in [1.165, 1.54) is 0 Å². The third kappa shape index (κ3) is 3.04. The van der Waals surface area contributed by atoms with E-state index in [9.17, 15) is 9.90 Å². The number of aromatic nitrogens is 2. The van der Waals surface area contributed by atoms with Crippen molar-refractivity contribution in [3.8, 4) is 0 Å². The summed E-state index contributed by atoms with van der Waals surface area (Å²) in [4.78, 5) is 19.3. The molecule has 5 heteroatoms. The van der Waals surface area contributed by atoms with Gasteiger partial charge in [-0.1, -0.05) is 12.1 Å². The van der Waals surface area contributed by atoms with Gasteiger partial charge in [-0.3, -0.25) is 4.79 Å². The van der Waals surface area contributed by atoms with E-state index in [0.717, 1.165) is 42.8 Å². The van der Waals surface area contributed by atoms with Gasteiger partial charge in [-0.05, 0) is 37.8 Å². The Balaban J connectivity index is 1.70. The Morgan fingerprint density at radius 2 is 2.00 bits per heavy atom. The van der Waals surface area contributed by atoms with Gasteiger partial charge >= 0.3 is 0 Å². The van der Waals surface area contributed by atoms with Crippen molar-refractivity contribution in [2.45, 2.75) is 42.8 Å². The van der Waals surface area contributed by atoms with Crippen molar-refractivity contribution < 1.29 is 5.11 Å². The van der Waals surface area contributed by atoms with Crippen molar-refractivity contribution in [1.82, 2.24) is 9.97 Å². The first-order valence-electron chi connectivity index (χ1n) is 7.00. The molecule has 106 valence electrons. The third-order valence-electron chi connectivity index (χ3n) is 3.76. The molecule has 1 aromatic carbocycles. The lowest BCUT2D eigenvalue weighted by atomic mass is 9.97. The lowest BCUT2D eigenvalue weighted by Gasteiger charge is -2.24. The molecule has 1 heterocycles. The van der Waals surface area contributed by atoms with Crippen LogP contribution in [0, 0.1) is 0 Å². The van der Waals surface area contributed by atoms with Gasteiger partial charge in [0, 0.05) is 5.25 Å². The standard InChI is InChI=1S/C15H18N2O2S/c18-10-5-7-11(8-6-10)20-9-14-16-13-4-2-1-3-12(13)15(19)17-14/h1-4,10-11,18H,5-9H2,(H,16,17,19)/t10-,11+. The molecule has 0 spiro atoms. The molecule has 2 N–H and O–H groups in total. The largest absolute Gasteiger partial charge is 0.393 e. The van der Waals surface area contributed by atoms with Gasteiger partial charge in [0.25, 0.3) is 5.56 Å². The van der Waals surface area contributed by atoms with E-state index >= 15 is 0 Å². The number of aromatic amines is 1. The number of rotatable bonds is 3. The number of fused-ring (bicyclic) bond motifs is 1. The monoisotopic (exact) mass is 290 g/mol. The van der Waals surface area contributed by atoms with Gasteiger partial charge in [0.05, 0.1) is 22.8 Å². The first-order chi connectivity index (χ1) is 9.72. The Kier molecular flexibility index (Phi) is 4.08. The zero-order valence-electron chi connectivity index (χ0n) is 11.2. The summed E-state index contributed by atoms with van der Waals surface area (Å²) < 4.78 is 0. The van der Waals surface area contributed by atoms with Gasteiger partial charge in [-0.15, -0.1) is 0 Å². The molecule has 1 aliphatic rings. The molecule has 1 saturated carbocycles. The average molecular weight is 290 g/mol. The number of aliphatic hydroxyl groups is 1. The van der Waals surface area contributed by atoms with E-state index < -0.39 is 0 Å². The fourth-order valence-electron chi connectivity index (χ4n) is 2.61. The first-order valence-corrected chi connectivity index (χ1v) is 8.05. The van der Waals surface area contributed by atoms with E-state index in [1.807, 2.05) is 30.0 Å². The number of H-pyrrole nitrogens is 1. The highest BCUT2D eigenvalue weighted by atomic mass is 32.2. The van der Waals surface area contributed by atoms with Crippen LogP contribution in [0.1, 0.15) is 31.5 Å². The van der Waals surface area contributed by atoms with Crippen molar-refractivity contribution >= 4 is 22.7 Å². The Morgan fingerprint density at radius 3 is 2.80 bits per heavy atom. The zero-order valence-corrected chi connectivity index (χ0v) is 12.0. The molecule has 0 amide bonds. The molecule has 1 fully saturated rings. The van der Waals surface area contributed by atoms with Gasteiger partial charge in [0.15, 0.2) is 0 Å². The number of hydrogen-bond acceptors (Lipinski definition) is 4. The van der Waals surface area contributed by atoms with Crippen LogP contribution in [0.5, 0.6) is 0 Å². The minimum Gasteiger partial charge on any atom is -0.393 e. The van der Waals surface area contributed by atoms with Crippen LogP contribution in [0.2, 0.25) is 0 Å². The summed E-state index contributed by atoms with van der Waals surface area (Å²) in [5.41, 5.74) is 0.691. The summed E-state index contributed by atoms with van der Waals surface area (Å²) in [7, 11) is 0. The molecule has 3 rings (SSSR count). The second-order valence-electron chi connectivity index (χ2n) is 5.27. The Hall–Kier alpha value is -1.33. The van der Waals surface area contributed by atoms with Crippen LogP contribution in [0.15, 0.2) is 29.1 Å². The lowest BCUT2D eigenvalue weighted by molar-refractivity contribution is 0.132. The summed E-state index contributed by atoms with van der Waals surface area (Å²) in [6, 6.07) is 7.41. The molecule has 0 bridgehead atoms. The quantitative estimate of drug-likeness (QED) is 0.911. The second-order valence-corrected chi connectivity index (χ2v) is 6.56. The van der Waals surface area contributed by atoms with E-state index in [-0.39, 0.29) is 11.7 Å². The predicted molar refractivity (Wildman–Crippen MR) is 81.9 cm³/mol. The normalized spacial score (nSPS) is 23.1. The van der Waals surface area contributed by atoms with Crippen molar-refractivity contribution in [2.24, 2.45) is 0 Å². The van der Waals surface area contributed by atoms with Gasteiger partial charge in [-0.25, -0.2) is 4.98 Å². The summed E-state index contributed by atoms with van der Waals surface area (Å²) in [5.74, 6) is 1.46. The maximum Gasteiger partial charge on any atom is 0.258 e. The predicted octanol–water partition coefficient (Wildman–Crippen LogP) is 2.46. The molecule has 20 heavy (non-hydrogen) atoms. The number of aliphatic hydroxyl groups excluding tert-OH is 1. The number of para-hydroxylation sites is 1. The van der Waals surface area contributed by atoms with Crippen molar-refractivity contribution in [3.63, 3.8) is 0 Å². The van der Waals surface area contributed by atoms with E-state index in [0.29, 0.717) is 10.6 Å². The first kappa shape index (κ1) is 13.6. The van der Waals surface area contributed by atoms with Gasteiger partial charge in [0.2, 0.25) is 0 Å². The molecule has 0 aliphatic heterocycles. The molecule has 0 saturated heterocycles. The van der Waals surface area contributed by atoms with Crippen LogP contribution in [0.3, 0.4) is 0 Å². The average Bonchev–Trinajstić information content (AvgIpc) is 2.47. The van der Waals surface area contributed by atoms with Gasteiger partial charge in [0.1, 0.15) is 5.82 Å². The van der Waals surface area contributed by atoms with Crippen molar-refractivity contribution in [2.75, 3.05) is 0 Å². The fourth-order valence-corrected chi connectivity index (χ4v) is 3.75. The summed E-state index contributed by atoms with van der Waals surface area (Å²) in [6.07, 6.45) is 3.75. The highest BCUT2D eigenvalue weighted by Gasteiger charge is 2.19. The number of nitrogens with one attached hydrogen (secondary N) is 1. The molecular weight excluding hydrogens is 272 g/mol. The molecule has 0 radical (unpaired) electrons. The van der Waals surface area contributed by atoms with E-state index in [2.05, 4.69) is 9.97 Å². The van der Waals surface area contributed by atoms with Crippen LogP contribution < -0.4 is 5.56 Å².